The Bertz CT molecular complexity index is 671. The molecule has 9 atom stereocenters. The number of aliphatic hydroxyl groups is 6. The molecule has 162 valence electrons. The Morgan fingerprint density at radius 3 is 2.03 bits per heavy atom. The maximum absolute atomic E-state index is 12.2. The molecule has 0 unspecified atom stereocenters. The van der Waals surface area contributed by atoms with Crippen molar-refractivity contribution in [3.63, 3.8) is 0 Å². The molecule has 0 radical (unpaired) electrons. The molecule has 0 spiro atoms. The first kappa shape index (κ1) is 22.0. The van der Waals surface area contributed by atoms with Crippen molar-refractivity contribution < 1.29 is 54.4 Å². The third-order valence-electron chi connectivity index (χ3n) is 4.82. The highest BCUT2D eigenvalue weighted by Crippen LogP contribution is 2.26. The summed E-state index contributed by atoms with van der Waals surface area (Å²) in [5.74, 6) is -0.804. The number of carbonyl (C=O) groups excluding carboxylic acids is 1. The van der Waals surface area contributed by atoms with Crippen LogP contribution in [0.4, 0.5) is 0 Å². The Kier molecular flexibility index (Phi) is 7.16. The molecule has 2 aliphatic rings. The van der Waals surface area contributed by atoms with Gasteiger partial charge in [-0.05, 0) is 12.1 Å². The molecule has 11 nitrogen and oxygen atoms in total. The van der Waals surface area contributed by atoms with Crippen molar-refractivity contribution in [2.24, 2.45) is 0 Å². The van der Waals surface area contributed by atoms with Gasteiger partial charge in [-0.1, -0.05) is 18.2 Å². The SMILES string of the molecule is O=C(O[C@H]1O[C@@H](CO[C@@H]2O[C@@H](CO)[C@H](O)[C@H]2O)[C@H](O)[C@@H](O)[C@@H]1O)c1ccccc1. The second kappa shape index (κ2) is 9.43. The lowest BCUT2D eigenvalue weighted by atomic mass is 9.99. The lowest BCUT2D eigenvalue weighted by Crippen LogP contribution is -2.60. The van der Waals surface area contributed by atoms with E-state index in [1.165, 1.54) is 12.1 Å². The predicted molar refractivity (Wildman–Crippen MR) is 92.3 cm³/mol. The quantitative estimate of drug-likeness (QED) is 0.263. The van der Waals surface area contributed by atoms with Crippen LogP contribution in [0.5, 0.6) is 0 Å². The van der Waals surface area contributed by atoms with Crippen molar-refractivity contribution >= 4 is 5.97 Å². The topological polar surface area (TPSA) is 175 Å². The minimum absolute atomic E-state index is 0.197. The molecule has 1 aromatic rings. The predicted octanol–water partition coefficient (Wildman–Crippen LogP) is -2.89. The first-order chi connectivity index (χ1) is 13.8. The van der Waals surface area contributed by atoms with Crippen LogP contribution in [-0.4, -0.2) is 105 Å². The van der Waals surface area contributed by atoms with Gasteiger partial charge < -0.3 is 49.6 Å². The molecule has 0 amide bonds. The third kappa shape index (κ3) is 4.74. The van der Waals surface area contributed by atoms with Crippen molar-refractivity contribution in [1.82, 2.24) is 0 Å². The van der Waals surface area contributed by atoms with E-state index >= 15 is 0 Å². The van der Waals surface area contributed by atoms with Gasteiger partial charge in [0.25, 0.3) is 0 Å². The van der Waals surface area contributed by atoms with E-state index in [0.717, 1.165) is 0 Å². The van der Waals surface area contributed by atoms with Crippen LogP contribution in [0.25, 0.3) is 0 Å². The molecule has 6 N–H and O–H groups in total. The minimum atomic E-state index is -1.71. The summed E-state index contributed by atoms with van der Waals surface area (Å²) in [5, 5.41) is 58.9. The number of carbonyl (C=O) groups is 1. The Balaban J connectivity index is 1.61. The smallest absolute Gasteiger partial charge is 0.340 e. The summed E-state index contributed by atoms with van der Waals surface area (Å²) in [6.07, 6.45) is -13.0. The Hall–Kier alpha value is -1.67. The molecule has 0 saturated carbocycles. The van der Waals surface area contributed by atoms with E-state index in [1.807, 2.05) is 0 Å². The molecule has 2 heterocycles. The fourth-order valence-corrected chi connectivity index (χ4v) is 3.09. The second-order valence-corrected chi connectivity index (χ2v) is 6.83. The number of aliphatic hydroxyl groups excluding tert-OH is 6. The van der Waals surface area contributed by atoms with Gasteiger partial charge in [-0.2, -0.15) is 0 Å². The average Bonchev–Trinajstić information content (AvgIpc) is 3.01. The van der Waals surface area contributed by atoms with E-state index in [9.17, 15) is 30.3 Å². The van der Waals surface area contributed by atoms with Crippen molar-refractivity contribution in [2.45, 2.75) is 55.3 Å². The molecule has 29 heavy (non-hydrogen) atoms. The largest absolute Gasteiger partial charge is 0.429 e. The Morgan fingerprint density at radius 1 is 0.828 bits per heavy atom. The summed E-state index contributed by atoms with van der Waals surface area (Å²) in [7, 11) is 0. The van der Waals surface area contributed by atoms with Crippen molar-refractivity contribution in [3.05, 3.63) is 35.9 Å². The van der Waals surface area contributed by atoms with Gasteiger partial charge in [0.15, 0.2) is 6.29 Å². The maximum atomic E-state index is 12.2. The normalized spacial score (nSPS) is 40.0. The average molecular weight is 416 g/mol. The second-order valence-electron chi connectivity index (χ2n) is 6.83. The van der Waals surface area contributed by atoms with E-state index in [1.54, 1.807) is 18.2 Å². The van der Waals surface area contributed by atoms with Gasteiger partial charge in [0.1, 0.15) is 42.7 Å². The van der Waals surface area contributed by atoms with E-state index in [4.69, 9.17) is 24.1 Å². The monoisotopic (exact) mass is 416 g/mol. The number of rotatable bonds is 6. The molecule has 0 aliphatic carbocycles. The van der Waals surface area contributed by atoms with E-state index in [2.05, 4.69) is 0 Å². The zero-order chi connectivity index (χ0) is 21.1. The minimum Gasteiger partial charge on any atom is -0.429 e. The highest BCUT2D eigenvalue weighted by molar-refractivity contribution is 5.89. The van der Waals surface area contributed by atoms with Crippen LogP contribution in [0.1, 0.15) is 10.4 Å². The van der Waals surface area contributed by atoms with Crippen molar-refractivity contribution in [3.8, 4) is 0 Å². The van der Waals surface area contributed by atoms with Crippen LogP contribution in [0.15, 0.2) is 30.3 Å². The standard InChI is InChI=1S/C18H24O11/c19-6-9-11(20)14(23)17(27-9)26-7-10-12(21)13(22)15(24)18(28-10)29-16(25)8-4-2-1-3-5-8/h1-5,9-15,17-24H,6-7H2/t9-,10-,11-,12-,13+,14+,15-,17+,18+/m0/s1. The molecule has 0 aromatic heterocycles. The molecule has 11 heteroatoms. The number of esters is 1. The lowest BCUT2D eigenvalue weighted by molar-refractivity contribution is -0.296. The molecule has 1 aromatic carbocycles. The number of hydrogen-bond acceptors (Lipinski definition) is 11. The third-order valence-corrected chi connectivity index (χ3v) is 4.82. The highest BCUT2D eigenvalue weighted by Gasteiger charge is 2.48. The zero-order valence-corrected chi connectivity index (χ0v) is 15.2. The molecule has 2 fully saturated rings. The summed E-state index contributed by atoms with van der Waals surface area (Å²) in [4.78, 5) is 12.2. The van der Waals surface area contributed by atoms with Crippen LogP contribution in [0.2, 0.25) is 0 Å². The van der Waals surface area contributed by atoms with Gasteiger partial charge >= 0.3 is 5.97 Å². The van der Waals surface area contributed by atoms with E-state index in [-0.39, 0.29) is 5.56 Å². The van der Waals surface area contributed by atoms with E-state index < -0.39 is 74.5 Å². The summed E-state index contributed by atoms with van der Waals surface area (Å²) in [6, 6.07) is 7.92. The summed E-state index contributed by atoms with van der Waals surface area (Å²) < 4.78 is 20.9. The van der Waals surface area contributed by atoms with Crippen LogP contribution >= 0.6 is 0 Å². The van der Waals surface area contributed by atoms with Crippen LogP contribution < -0.4 is 0 Å². The lowest BCUT2D eigenvalue weighted by Gasteiger charge is -2.40. The van der Waals surface area contributed by atoms with Gasteiger partial charge in [0.2, 0.25) is 6.29 Å². The molecule has 3 rings (SSSR count). The molecule has 0 bridgehead atoms. The zero-order valence-electron chi connectivity index (χ0n) is 15.2. The first-order valence-electron chi connectivity index (χ1n) is 9.03. The van der Waals surface area contributed by atoms with Crippen molar-refractivity contribution in [1.29, 1.82) is 0 Å². The van der Waals surface area contributed by atoms with Gasteiger partial charge in [-0.15, -0.1) is 0 Å². The van der Waals surface area contributed by atoms with Gasteiger partial charge in [0.05, 0.1) is 18.8 Å². The summed E-state index contributed by atoms with van der Waals surface area (Å²) in [6.45, 7) is -0.972. The van der Waals surface area contributed by atoms with Crippen molar-refractivity contribution in [2.75, 3.05) is 13.2 Å². The molecule has 2 aliphatic heterocycles. The van der Waals surface area contributed by atoms with E-state index in [0.29, 0.717) is 0 Å². The summed E-state index contributed by atoms with van der Waals surface area (Å²) >= 11 is 0. The van der Waals surface area contributed by atoms with Crippen LogP contribution in [0, 0.1) is 0 Å². The number of ether oxygens (including phenoxy) is 4. The highest BCUT2D eigenvalue weighted by atomic mass is 16.7. The maximum Gasteiger partial charge on any atom is 0.340 e. The van der Waals surface area contributed by atoms with Crippen LogP contribution in [0.3, 0.4) is 0 Å². The van der Waals surface area contributed by atoms with Gasteiger partial charge in [-0.3, -0.25) is 0 Å². The van der Waals surface area contributed by atoms with Gasteiger partial charge in [-0.25, -0.2) is 4.79 Å². The number of benzene rings is 1. The molecular formula is C18H24O11. The fourth-order valence-electron chi connectivity index (χ4n) is 3.09. The first-order valence-corrected chi connectivity index (χ1v) is 9.03. The van der Waals surface area contributed by atoms with Crippen LogP contribution in [-0.2, 0) is 18.9 Å². The Morgan fingerprint density at radius 2 is 1.41 bits per heavy atom. The van der Waals surface area contributed by atoms with Gasteiger partial charge in [0, 0.05) is 0 Å². The Labute approximate surface area is 165 Å². The fraction of sp³-hybridized carbons (Fsp3) is 0.611. The number of hydrogen-bond donors (Lipinski definition) is 6. The molecule has 2 saturated heterocycles. The molecular weight excluding hydrogens is 392 g/mol. The summed E-state index contributed by atoms with van der Waals surface area (Å²) in [5.41, 5.74) is 0.197.